The maximum absolute atomic E-state index is 12.8. The molecule has 2 amide bonds. The van der Waals surface area contributed by atoms with Crippen molar-refractivity contribution < 1.29 is 9.32 Å². The number of carbonyl (C=O) groups is 1. The first-order chi connectivity index (χ1) is 12.0. The fourth-order valence-corrected chi connectivity index (χ4v) is 4.14. The number of amides is 2. The van der Waals surface area contributed by atoms with Gasteiger partial charge >= 0.3 is 6.03 Å². The lowest BCUT2D eigenvalue weighted by Gasteiger charge is -2.31. The highest BCUT2D eigenvalue weighted by Crippen LogP contribution is 2.24. The summed E-state index contributed by atoms with van der Waals surface area (Å²) in [6.45, 7) is 4.20. The summed E-state index contributed by atoms with van der Waals surface area (Å²) in [7, 11) is 4.09. The van der Waals surface area contributed by atoms with E-state index in [0.29, 0.717) is 24.5 Å². The number of nitrogens with zero attached hydrogens (tertiary/aromatic N) is 5. The van der Waals surface area contributed by atoms with Crippen molar-refractivity contribution in [3.05, 3.63) is 11.7 Å². The molecular weight excluding hydrogens is 318 g/mol. The number of aryl methyl sites for hydroxylation is 1. The molecule has 1 saturated carbocycles. The van der Waals surface area contributed by atoms with Crippen LogP contribution in [-0.4, -0.2) is 70.1 Å². The van der Waals surface area contributed by atoms with Crippen molar-refractivity contribution >= 4 is 6.03 Å². The quantitative estimate of drug-likeness (QED) is 0.836. The molecule has 1 aliphatic carbocycles. The average Bonchev–Trinajstić information content (AvgIpc) is 3.20. The molecule has 7 nitrogen and oxygen atoms in total. The fourth-order valence-electron chi connectivity index (χ4n) is 4.14. The molecule has 1 aromatic rings. The van der Waals surface area contributed by atoms with Gasteiger partial charge in [-0.15, -0.1) is 0 Å². The van der Waals surface area contributed by atoms with Gasteiger partial charge in [0.2, 0.25) is 5.89 Å². The minimum Gasteiger partial charge on any atom is -0.340 e. The Labute approximate surface area is 150 Å². The van der Waals surface area contributed by atoms with E-state index >= 15 is 0 Å². The van der Waals surface area contributed by atoms with E-state index in [2.05, 4.69) is 22.1 Å². The van der Waals surface area contributed by atoms with Crippen LogP contribution in [-0.2, 0) is 6.54 Å². The molecule has 2 aliphatic rings. The highest BCUT2D eigenvalue weighted by Gasteiger charge is 2.29. The van der Waals surface area contributed by atoms with Gasteiger partial charge in [0, 0.05) is 39.1 Å². The Morgan fingerprint density at radius 2 is 1.84 bits per heavy atom. The van der Waals surface area contributed by atoms with Gasteiger partial charge in [-0.05, 0) is 39.2 Å². The summed E-state index contributed by atoms with van der Waals surface area (Å²) >= 11 is 0. The summed E-state index contributed by atoms with van der Waals surface area (Å²) in [5.41, 5.74) is 0. The van der Waals surface area contributed by atoms with Gasteiger partial charge in [-0.25, -0.2) is 4.79 Å². The van der Waals surface area contributed by atoms with Crippen LogP contribution in [0.4, 0.5) is 4.79 Å². The van der Waals surface area contributed by atoms with Gasteiger partial charge in [0.1, 0.15) is 0 Å². The monoisotopic (exact) mass is 349 g/mol. The molecule has 0 bridgehead atoms. The first-order valence-electron chi connectivity index (χ1n) is 9.55. The van der Waals surface area contributed by atoms with Crippen molar-refractivity contribution in [3.8, 4) is 0 Å². The number of carbonyl (C=O) groups excluding carboxylic acids is 1. The Hall–Kier alpha value is -1.63. The third-order valence-corrected chi connectivity index (χ3v) is 5.73. The van der Waals surface area contributed by atoms with Crippen LogP contribution in [0.5, 0.6) is 0 Å². The van der Waals surface area contributed by atoms with Crippen molar-refractivity contribution in [1.29, 1.82) is 0 Å². The minimum absolute atomic E-state index is 0.212. The summed E-state index contributed by atoms with van der Waals surface area (Å²) < 4.78 is 5.05. The van der Waals surface area contributed by atoms with E-state index in [9.17, 15) is 4.79 Å². The number of likely N-dealkylation sites (tertiary alicyclic amines) is 1. The molecule has 1 aromatic heterocycles. The number of urea groups is 1. The summed E-state index contributed by atoms with van der Waals surface area (Å²) in [5, 5.41) is 3.99. The standard InChI is InChI=1S/C18H31N5O2/c1-14-19-17(20-25-14)13-21(2)15-9-6-11-23(12-10-15)18(24)22(3)16-7-4-5-8-16/h15-16H,4-13H2,1-3H3. The van der Waals surface area contributed by atoms with Gasteiger partial charge in [-0.3, -0.25) is 4.90 Å². The maximum Gasteiger partial charge on any atom is 0.319 e. The van der Waals surface area contributed by atoms with Gasteiger partial charge in [0.15, 0.2) is 5.82 Å². The summed E-state index contributed by atoms with van der Waals surface area (Å²) in [4.78, 5) is 23.4. The van der Waals surface area contributed by atoms with Crippen LogP contribution in [0.2, 0.25) is 0 Å². The second kappa shape index (κ2) is 8.17. The topological polar surface area (TPSA) is 65.7 Å². The van der Waals surface area contributed by atoms with E-state index in [1.165, 1.54) is 12.8 Å². The predicted octanol–water partition coefficient (Wildman–Crippen LogP) is 2.66. The van der Waals surface area contributed by atoms with Gasteiger partial charge in [0.25, 0.3) is 0 Å². The van der Waals surface area contributed by atoms with Crippen LogP contribution in [0, 0.1) is 6.92 Å². The zero-order valence-electron chi connectivity index (χ0n) is 15.8. The van der Waals surface area contributed by atoms with Crippen LogP contribution in [0.1, 0.15) is 56.7 Å². The molecule has 1 aliphatic heterocycles. The van der Waals surface area contributed by atoms with Crippen molar-refractivity contribution in [1.82, 2.24) is 24.8 Å². The molecule has 1 saturated heterocycles. The lowest BCUT2D eigenvalue weighted by Crippen LogP contribution is -2.45. The molecule has 3 rings (SSSR count). The molecule has 1 atom stereocenters. The predicted molar refractivity (Wildman–Crippen MR) is 95.1 cm³/mol. The van der Waals surface area contributed by atoms with Crippen LogP contribution >= 0.6 is 0 Å². The minimum atomic E-state index is 0.212. The highest BCUT2D eigenvalue weighted by molar-refractivity contribution is 5.74. The zero-order valence-corrected chi connectivity index (χ0v) is 15.8. The Balaban J connectivity index is 1.51. The van der Waals surface area contributed by atoms with E-state index in [0.717, 1.165) is 51.0 Å². The van der Waals surface area contributed by atoms with Crippen molar-refractivity contribution in [2.24, 2.45) is 0 Å². The molecular formula is C18H31N5O2. The SMILES string of the molecule is Cc1nc(CN(C)C2CCCN(C(=O)N(C)C3CCCC3)CC2)no1. The molecule has 1 unspecified atom stereocenters. The first-order valence-corrected chi connectivity index (χ1v) is 9.55. The van der Waals surface area contributed by atoms with Crippen molar-refractivity contribution in [2.75, 3.05) is 27.2 Å². The van der Waals surface area contributed by atoms with Crippen LogP contribution in [0.15, 0.2) is 4.52 Å². The molecule has 0 spiro atoms. The molecule has 0 N–H and O–H groups in total. The van der Waals surface area contributed by atoms with Gasteiger partial charge < -0.3 is 14.3 Å². The Morgan fingerprint density at radius 1 is 1.12 bits per heavy atom. The molecule has 2 heterocycles. The second-order valence-corrected chi connectivity index (χ2v) is 7.55. The van der Waals surface area contributed by atoms with Crippen molar-refractivity contribution in [2.45, 2.75) is 70.5 Å². The maximum atomic E-state index is 12.8. The van der Waals surface area contributed by atoms with E-state index in [1.54, 1.807) is 0 Å². The molecule has 140 valence electrons. The lowest BCUT2D eigenvalue weighted by molar-refractivity contribution is 0.146. The zero-order chi connectivity index (χ0) is 17.8. The van der Waals surface area contributed by atoms with E-state index in [1.807, 2.05) is 23.8 Å². The number of hydrogen-bond acceptors (Lipinski definition) is 5. The summed E-state index contributed by atoms with van der Waals surface area (Å²) in [5.74, 6) is 1.34. The van der Waals surface area contributed by atoms with Crippen LogP contribution < -0.4 is 0 Å². The lowest BCUT2D eigenvalue weighted by atomic mass is 10.1. The molecule has 0 aromatic carbocycles. The summed E-state index contributed by atoms with van der Waals surface area (Å²) in [6.07, 6.45) is 7.97. The molecule has 2 fully saturated rings. The molecule has 7 heteroatoms. The number of aromatic nitrogens is 2. The largest absolute Gasteiger partial charge is 0.340 e. The van der Waals surface area contributed by atoms with E-state index < -0.39 is 0 Å². The highest BCUT2D eigenvalue weighted by atomic mass is 16.5. The first kappa shape index (κ1) is 18.2. The number of rotatable bonds is 4. The van der Waals surface area contributed by atoms with Crippen molar-refractivity contribution in [3.63, 3.8) is 0 Å². The molecule has 25 heavy (non-hydrogen) atoms. The average molecular weight is 349 g/mol. The van der Waals surface area contributed by atoms with Gasteiger partial charge in [-0.2, -0.15) is 4.98 Å². The Bertz CT molecular complexity index is 570. The third kappa shape index (κ3) is 4.51. The molecule has 0 radical (unpaired) electrons. The fraction of sp³-hybridized carbons (Fsp3) is 0.833. The Morgan fingerprint density at radius 3 is 2.52 bits per heavy atom. The smallest absolute Gasteiger partial charge is 0.319 e. The third-order valence-electron chi connectivity index (χ3n) is 5.73. The normalized spacial score (nSPS) is 22.4. The van der Waals surface area contributed by atoms with Gasteiger partial charge in [0.05, 0.1) is 6.54 Å². The van der Waals surface area contributed by atoms with Gasteiger partial charge in [-0.1, -0.05) is 18.0 Å². The summed E-state index contributed by atoms with van der Waals surface area (Å²) in [6, 6.07) is 1.10. The van der Waals surface area contributed by atoms with E-state index in [-0.39, 0.29) is 6.03 Å². The van der Waals surface area contributed by atoms with E-state index in [4.69, 9.17) is 4.52 Å². The van der Waals surface area contributed by atoms with Crippen LogP contribution in [0.25, 0.3) is 0 Å². The second-order valence-electron chi connectivity index (χ2n) is 7.55. The number of hydrogen-bond donors (Lipinski definition) is 0. The van der Waals surface area contributed by atoms with Crippen LogP contribution in [0.3, 0.4) is 0 Å². The Kier molecular flexibility index (Phi) is 5.93.